The summed E-state index contributed by atoms with van der Waals surface area (Å²) in [4.78, 5) is 0. The molecule has 2 aliphatic carbocycles. The number of rotatable bonds is 7. The molecule has 0 nitrogen and oxygen atoms in total. The molecule has 2 aliphatic rings. The van der Waals surface area contributed by atoms with Crippen LogP contribution in [0.5, 0.6) is 0 Å². The summed E-state index contributed by atoms with van der Waals surface area (Å²) in [5.74, 6) is -0.820. The third-order valence-electron chi connectivity index (χ3n) is 11.6. The van der Waals surface area contributed by atoms with Gasteiger partial charge in [0.2, 0.25) is 0 Å². The zero-order valence-corrected chi connectivity index (χ0v) is 34.7. The van der Waals surface area contributed by atoms with Crippen LogP contribution >= 0.6 is 17.0 Å². The molecule has 48 heavy (non-hydrogen) atoms. The molecule has 0 saturated carbocycles. The number of fused-ring (bicyclic) bond motifs is 3. The van der Waals surface area contributed by atoms with Crippen molar-refractivity contribution in [2.45, 2.75) is 67.8 Å². The maximum atomic E-state index is 8.71. The van der Waals surface area contributed by atoms with E-state index in [0.717, 1.165) is 0 Å². The van der Waals surface area contributed by atoms with Gasteiger partial charge in [0.15, 0.2) is 0 Å². The quantitative estimate of drug-likeness (QED) is 0.145. The SMILES string of the molecule is CC1=Cc2c(-c3ccc(C(C)C)cc3)ccc(C)c2[CH]1[Zr]([Cl])([Cl])([CH]1C(C(C)C)=Cc2c(-c3cccc4ccccc34)cccc21)[SiH](C)C. The fraction of sp³-hybridized carbons (Fsp3) is 0.273. The van der Waals surface area contributed by atoms with Crippen molar-refractivity contribution in [3.05, 3.63) is 142 Å². The molecule has 0 heterocycles. The van der Waals surface area contributed by atoms with Gasteiger partial charge in [-0.25, -0.2) is 0 Å². The minimum atomic E-state index is -4.87. The summed E-state index contributed by atoms with van der Waals surface area (Å²) in [6, 6.07) is 36.1. The monoisotopic (exact) mass is 763 g/mol. The van der Waals surface area contributed by atoms with Crippen LogP contribution in [-0.2, 0) is 15.6 Å². The first kappa shape index (κ1) is 34.0. The predicted molar refractivity (Wildman–Crippen MR) is 213 cm³/mol. The number of hydrogen-bond acceptors (Lipinski definition) is 0. The Morgan fingerprint density at radius 2 is 1.29 bits per heavy atom. The standard InChI is InChI=1S/C22H19.C20H21.C2H7Si.2ClH.Zr/c1-15(2)18-13-17-9-6-12-21(22(17)14-18)20-11-5-8-16-7-3-4-10-19(16)20;1-13(2)16-6-8-17(9-7-16)18-10-5-15(4)19-11-14(3)12-20(18)19;1-3-2;;;/h3-15H,1-2H3;5-13H,1-4H3;3H,1-2H3;2*1H;/q;;;;;+2/p-2. The van der Waals surface area contributed by atoms with E-state index < -0.39 is 21.5 Å². The van der Waals surface area contributed by atoms with Crippen LogP contribution in [0, 0.1) is 12.8 Å². The fourth-order valence-corrected chi connectivity index (χ4v) is 41.1. The van der Waals surface area contributed by atoms with E-state index in [4.69, 9.17) is 17.0 Å². The van der Waals surface area contributed by atoms with Crippen LogP contribution in [0.3, 0.4) is 0 Å². The van der Waals surface area contributed by atoms with E-state index in [-0.39, 0.29) is 7.25 Å². The molecule has 0 bridgehead atoms. The molecular formula is C44H47Cl2SiZr. The number of hydrogen-bond donors (Lipinski definition) is 0. The van der Waals surface area contributed by atoms with Crippen molar-refractivity contribution < 1.29 is 15.6 Å². The van der Waals surface area contributed by atoms with Gasteiger partial charge in [0.05, 0.1) is 0 Å². The molecule has 7 rings (SSSR count). The topological polar surface area (TPSA) is 0 Å². The van der Waals surface area contributed by atoms with Crippen molar-refractivity contribution in [1.82, 2.24) is 0 Å². The maximum absolute atomic E-state index is 8.71. The minimum absolute atomic E-state index is 0.0686. The Morgan fingerprint density at radius 3 is 1.98 bits per heavy atom. The van der Waals surface area contributed by atoms with Crippen LogP contribution in [0.2, 0.25) is 13.1 Å². The molecule has 0 aromatic heterocycles. The second-order valence-corrected chi connectivity index (χ2v) is 57.8. The van der Waals surface area contributed by atoms with Crippen LogP contribution in [0.25, 0.3) is 45.2 Å². The van der Waals surface area contributed by atoms with E-state index in [1.54, 1.807) is 0 Å². The molecular weight excluding hydrogens is 719 g/mol. The first-order valence-corrected chi connectivity index (χ1v) is 34.0. The zero-order valence-electron chi connectivity index (χ0n) is 29.5. The van der Waals surface area contributed by atoms with E-state index >= 15 is 0 Å². The van der Waals surface area contributed by atoms with Gasteiger partial charge in [0.1, 0.15) is 0 Å². The average molecular weight is 766 g/mol. The summed E-state index contributed by atoms with van der Waals surface area (Å²) in [6.07, 6.45) is 4.93. The molecule has 5 aromatic carbocycles. The Balaban J connectivity index is 1.45. The Morgan fingerprint density at radius 1 is 0.625 bits per heavy atom. The van der Waals surface area contributed by atoms with Crippen LogP contribution in [0.15, 0.2) is 108 Å². The second kappa shape index (κ2) is 12.4. The van der Waals surface area contributed by atoms with Gasteiger partial charge in [-0.05, 0) is 0 Å². The van der Waals surface area contributed by atoms with Gasteiger partial charge < -0.3 is 0 Å². The van der Waals surface area contributed by atoms with Crippen LogP contribution < -0.4 is 0 Å². The molecule has 0 aliphatic heterocycles. The predicted octanol–water partition coefficient (Wildman–Crippen LogP) is 13.8. The van der Waals surface area contributed by atoms with Crippen LogP contribution in [0.1, 0.15) is 81.2 Å². The van der Waals surface area contributed by atoms with Crippen molar-refractivity contribution in [2.75, 3.05) is 0 Å². The van der Waals surface area contributed by atoms with Crippen molar-refractivity contribution >= 4 is 45.9 Å². The normalized spacial score (nSPS) is 18.2. The first-order chi connectivity index (χ1) is 22.8. The zero-order chi connectivity index (χ0) is 34.1. The van der Waals surface area contributed by atoms with Crippen molar-refractivity contribution in [3.8, 4) is 22.3 Å². The molecule has 0 N–H and O–H groups in total. The van der Waals surface area contributed by atoms with Crippen molar-refractivity contribution in [2.24, 2.45) is 5.92 Å². The Hall–Kier alpha value is -2.48. The van der Waals surface area contributed by atoms with Gasteiger partial charge in [0.25, 0.3) is 0 Å². The molecule has 245 valence electrons. The molecule has 0 amide bonds. The molecule has 0 radical (unpaired) electrons. The molecule has 4 heteroatoms. The van der Waals surface area contributed by atoms with Gasteiger partial charge in [-0.1, -0.05) is 0 Å². The first-order valence-electron chi connectivity index (χ1n) is 17.6. The molecule has 0 fully saturated rings. The van der Waals surface area contributed by atoms with E-state index in [2.05, 4.69) is 164 Å². The summed E-state index contributed by atoms with van der Waals surface area (Å²) >= 11 is -4.87. The van der Waals surface area contributed by atoms with Gasteiger partial charge >= 0.3 is 299 Å². The summed E-state index contributed by atoms with van der Waals surface area (Å²) in [6.45, 7) is 18.7. The molecule has 0 saturated heterocycles. The van der Waals surface area contributed by atoms with Crippen molar-refractivity contribution in [3.63, 3.8) is 0 Å². The summed E-state index contributed by atoms with van der Waals surface area (Å²) in [7, 11) is 17.4. The summed E-state index contributed by atoms with van der Waals surface area (Å²) < 4.78 is 0.143. The van der Waals surface area contributed by atoms with E-state index in [0.29, 0.717) is 11.8 Å². The van der Waals surface area contributed by atoms with Gasteiger partial charge in [0, 0.05) is 0 Å². The molecule has 2 atom stereocenters. The van der Waals surface area contributed by atoms with Crippen molar-refractivity contribution in [1.29, 1.82) is 0 Å². The summed E-state index contributed by atoms with van der Waals surface area (Å²) in [5.41, 5.74) is 15.9. The van der Waals surface area contributed by atoms with E-state index in [9.17, 15) is 0 Å². The van der Waals surface area contributed by atoms with Gasteiger partial charge in [-0.2, -0.15) is 0 Å². The molecule has 2 unspecified atom stereocenters. The van der Waals surface area contributed by atoms with Crippen LogP contribution in [-0.4, -0.2) is 5.92 Å². The molecule has 5 aromatic rings. The van der Waals surface area contributed by atoms with Gasteiger partial charge in [-0.15, -0.1) is 0 Å². The van der Waals surface area contributed by atoms with Crippen LogP contribution in [0.4, 0.5) is 0 Å². The number of aryl methyl sites for hydroxylation is 1. The number of halogens is 2. The van der Waals surface area contributed by atoms with Gasteiger partial charge in [-0.3, -0.25) is 0 Å². The Bertz CT molecular complexity index is 2130. The summed E-state index contributed by atoms with van der Waals surface area (Å²) in [5, 5.41) is 2.54. The average Bonchev–Trinajstić information content (AvgIpc) is 3.65. The van der Waals surface area contributed by atoms with E-state index in [1.807, 2.05) is 0 Å². The second-order valence-electron chi connectivity index (χ2n) is 15.3. The number of allylic oxidation sites excluding steroid dienone is 2. The number of benzene rings is 5. The van der Waals surface area contributed by atoms with E-state index in [1.165, 1.54) is 77.6 Å². The Kier molecular flexibility index (Phi) is 8.77. The molecule has 0 spiro atoms. The third kappa shape index (κ3) is 5.16. The Labute approximate surface area is 296 Å². The fourth-order valence-electron chi connectivity index (χ4n) is 8.90. The third-order valence-corrected chi connectivity index (χ3v) is 63.5.